The summed E-state index contributed by atoms with van der Waals surface area (Å²) in [5, 5.41) is 0. The Morgan fingerprint density at radius 3 is 2.50 bits per heavy atom. The molecule has 2 aromatic rings. The van der Waals surface area contributed by atoms with Crippen molar-refractivity contribution in [3.05, 3.63) is 77.7 Å². The number of benzene rings is 2. The van der Waals surface area contributed by atoms with Gasteiger partial charge in [-0.15, -0.1) is 0 Å². The molecule has 1 aliphatic carbocycles. The first-order valence-electron chi connectivity index (χ1n) is 10.8. The number of unbranched alkanes of at least 4 members (excludes halogenated alkanes) is 1. The summed E-state index contributed by atoms with van der Waals surface area (Å²) in [6.07, 6.45) is 2.97. The van der Waals surface area contributed by atoms with Crippen molar-refractivity contribution < 1.29 is 63.2 Å². The number of phosphoric ester groups is 1. The number of phosphoric acid groups is 1. The van der Waals surface area contributed by atoms with Crippen molar-refractivity contribution in [2.45, 2.75) is 51.7 Å². The van der Waals surface area contributed by atoms with Crippen molar-refractivity contribution in [2.75, 3.05) is 13.2 Å². The summed E-state index contributed by atoms with van der Waals surface area (Å²) in [6, 6.07) is 14.9. The molecule has 0 spiro atoms. The largest absolute Gasteiger partial charge is 3.00 e. The van der Waals surface area contributed by atoms with Crippen LogP contribution >= 0.6 is 7.82 Å². The fraction of sp³-hybridized carbons (Fsp3) is 0.417. The zero-order valence-corrected chi connectivity index (χ0v) is 21.7. The number of fused-ring (bicyclic) bond motifs is 1. The van der Waals surface area contributed by atoms with Gasteiger partial charge in [0.05, 0.1) is 12.1 Å². The van der Waals surface area contributed by atoms with Crippen LogP contribution in [0, 0.1) is 46.9 Å². The van der Waals surface area contributed by atoms with Crippen molar-refractivity contribution in [2.24, 2.45) is 0 Å². The fourth-order valence-electron chi connectivity index (χ4n) is 4.15. The molecule has 2 aromatic carbocycles. The molecule has 1 aliphatic rings. The van der Waals surface area contributed by atoms with Gasteiger partial charge >= 0.3 is 47.8 Å². The maximum atomic E-state index is 13.4. The van der Waals surface area contributed by atoms with Crippen LogP contribution in [-0.2, 0) is 26.5 Å². The van der Waals surface area contributed by atoms with Crippen LogP contribution in [0.3, 0.4) is 0 Å². The van der Waals surface area contributed by atoms with Crippen molar-refractivity contribution in [3.63, 3.8) is 0 Å². The molecule has 32 heavy (non-hydrogen) atoms. The van der Waals surface area contributed by atoms with Crippen molar-refractivity contribution in [1.82, 2.24) is 4.90 Å². The van der Waals surface area contributed by atoms with Crippen molar-refractivity contribution >= 4 is 13.7 Å². The van der Waals surface area contributed by atoms with E-state index in [2.05, 4.69) is 13.8 Å². The molecular weight excluding hydrogens is 570 g/mol. The third-order valence-electron chi connectivity index (χ3n) is 5.63. The second-order valence-electron chi connectivity index (χ2n) is 7.69. The van der Waals surface area contributed by atoms with Crippen LogP contribution in [0.5, 0.6) is 0 Å². The number of rotatable bonds is 10. The van der Waals surface area contributed by atoms with E-state index in [-0.39, 0.29) is 52.5 Å². The quantitative estimate of drug-likeness (QED) is 0.302. The van der Waals surface area contributed by atoms with Crippen LogP contribution in [0.2, 0.25) is 0 Å². The van der Waals surface area contributed by atoms with E-state index < -0.39 is 20.0 Å². The van der Waals surface area contributed by atoms with E-state index in [1.54, 1.807) is 4.90 Å². The Labute approximate surface area is 223 Å². The third-order valence-corrected chi connectivity index (χ3v) is 6.67. The molecule has 1 amide bonds. The number of carbonyl (C=O) groups excluding carboxylic acids is 1. The van der Waals surface area contributed by atoms with Gasteiger partial charge in [-0.2, -0.15) is 0 Å². The molecule has 8 heteroatoms. The number of aryl methyl sites for hydroxylation is 1. The van der Waals surface area contributed by atoms with Gasteiger partial charge in [-0.3, -0.25) is 9.32 Å². The number of carbonyl (C=O) groups is 1. The van der Waals surface area contributed by atoms with Gasteiger partial charge in [0.15, 0.2) is 0 Å². The molecule has 3 atom stereocenters. The monoisotopic (exact) mass is 602 g/mol. The summed E-state index contributed by atoms with van der Waals surface area (Å²) < 4.78 is 22.6. The molecular formula is C24H31GdNO5P+2. The standard InChI is InChI=1S/C24H31NO5P.Gd/c1-4-7-10-18-13-15-19(16-14-18)24(26)25(5-2)23-21-12-9-8-11-20(21)17-22(23)30-31(27,28)29-6-3;/h8-9,11-16,22-23H,3-7,10,17H2,1-2H3,(H,27,28);/q-1;+3. The number of hydrogen-bond donors (Lipinski definition) is 1. The molecule has 0 aromatic heterocycles. The van der Waals surface area contributed by atoms with Crippen LogP contribution in [0.1, 0.15) is 59.8 Å². The molecule has 173 valence electrons. The smallest absolute Gasteiger partial charge is 0.329 e. The van der Waals surface area contributed by atoms with Crippen molar-refractivity contribution in [3.8, 4) is 0 Å². The summed E-state index contributed by atoms with van der Waals surface area (Å²) in [5.74, 6) is -0.134. The normalized spacial score (nSPS) is 19.0. The molecule has 0 saturated heterocycles. The summed E-state index contributed by atoms with van der Waals surface area (Å²) in [6.45, 7) is 7.75. The van der Waals surface area contributed by atoms with E-state index in [1.807, 2.05) is 55.5 Å². The first-order chi connectivity index (χ1) is 14.9. The number of nitrogens with zero attached hydrogens (tertiary/aromatic N) is 1. The molecule has 0 aliphatic heterocycles. The van der Waals surface area contributed by atoms with E-state index >= 15 is 0 Å². The van der Waals surface area contributed by atoms with Crippen LogP contribution in [0.4, 0.5) is 0 Å². The Morgan fingerprint density at radius 1 is 1.19 bits per heavy atom. The molecule has 0 heterocycles. The molecule has 1 N–H and O–H groups in total. The Bertz CT molecular complexity index is 936. The minimum Gasteiger partial charge on any atom is -0.329 e. The van der Waals surface area contributed by atoms with E-state index in [0.717, 1.165) is 30.4 Å². The SMILES string of the molecule is [CH2-]COP(=O)(O)OC1Cc2ccccc2C1N(CC)C(=O)c1ccc(CCCC)cc1.[Gd+3]. The number of hydrogen-bond acceptors (Lipinski definition) is 4. The van der Waals surface area contributed by atoms with Gasteiger partial charge in [-0.25, -0.2) is 4.57 Å². The summed E-state index contributed by atoms with van der Waals surface area (Å²) in [7, 11) is -4.28. The summed E-state index contributed by atoms with van der Waals surface area (Å²) >= 11 is 0. The van der Waals surface area contributed by atoms with E-state index in [1.165, 1.54) is 5.56 Å². The zero-order chi connectivity index (χ0) is 22.4. The molecule has 3 rings (SSSR count). The Kier molecular flexibility index (Phi) is 11.0. The van der Waals surface area contributed by atoms with Crippen LogP contribution in [-0.4, -0.2) is 35.0 Å². The second kappa shape index (κ2) is 12.7. The summed E-state index contributed by atoms with van der Waals surface area (Å²) in [4.78, 5) is 25.2. The molecule has 6 nitrogen and oxygen atoms in total. The minimum absolute atomic E-state index is 0. The number of amides is 1. The fourth-order valence-corrected chi connectivity index (χ4v) is 4.97. The van der Waals surface area contributed by atoms with E-state index in [4.69, 9.17) is 9.05 Å². The summed E-state index contributed by atoms with van der Waals surface area (Å²) in [5.41, 5.74) is 3.72. The van der Waals surface area contributed by atoms with Gasteiger partial charge in [0.1, 0.15) is 0 Å². The number of likely N-dealkylation sites (N-methyl/N-ethyl adjacent to an activating group) is 1. The predicted octanol–water partition coefficient (Wildman–Crippen LogP) is 5.12. The van der Waals surface area contributed by atoms with Gasteiger partial charge in [0.2, 0.25) is 0 Å². The first-order valence-corrected chi connectivity index (χ1v) is 12.3. The van der Waals surface area contributed by atoms with Gasteiger partial charge < -0.3 is 21.2 Å². The van der Waals surface area contributed by atoms with Gasteiger partial charge in [0, 0.05) is 18.5 Å². The van der Waals surface area contributed by atoms with Crippen LogP contribution in [0.25, 0.3) is 0 Å². The molecule has 0 saturated carbocycles. The van der Waals surface area contributed by atoms with Crippen LogP contribution < -0.4 is 0 Å². The maximum absolute atomic E-state index is 13.4. The van der Waals surface area contributed by atoms with Crippen molar-refractivity contribution in [1.29, 1.82) is 0 Å². The predicted molar refractivity (Wildman–Crippen MR) is 121 cm³/mol. The van der Waals surface area contributed by atoms with Crippen LogP contribution in [0.15, 0.2) is 48.5 Å². The average Bonchev–Trinajstić information content (AvgIpc) is 3.10. The first kappa shape index (κ1) is 27.6. The van der Waals surface area contributed by atoms with Gasteiger partial charge in [-0.1, -0.05) is 56.3 Å². The van der Waals surface area contributed by atoms with Gasteiger partial charge in [-0.05, 0) is 48.6 Å². The van der Waals surface area contributed by atoms with E-state index in [0.29, 0.717) is 18.5 Å². The Morgan fingerprint density at radius 2 is 1.88 bits per heavy atom. The molecule has 3 unspecified atom stereocenters. The Hall–Kier alpha value is -0.655. The average molecular weight is 602 g/mol. The van der Waals surface area contributed by atoms with Gasteiger partial charge in [0.25, 0.3) is 5.91 Å². The second-order valence-corrected chi connectivity index (χ2v) is 9.09. The Balaban J connectivity index is 0.00000363. The topological polar surface area (TPSA) is 76.1 Å². The molecule has 0 bridgehead atoms. The zero-order valence-electron chi connectivity index (χ0n) is 18.6. The third kappa shape index (κ3) is 6.69. The molecule has 1 radical (unpaired) electrons. The minimum atomic E-state index is -4.28. The molecule has 0 fully saturated rings. The van der Waals surface area contributed by atoms with E-state index in [9.17, 15) is 14.3 Å². The maximum Gasteiger partial charge on any atom is 3.00 e.